The summed E-state index contributed by atoms with van der Waals surface area (Å²) in [6.45, 7) is 19.2. The second-order valence-corrected chi connectivity index (χ2v) is 11.6. The number of nitrogens with zero attached hydrogens (tertiary/aromatic N) is 1. The zero-order chi connectivity index (χ0) is 31.8. The predicted molar refractivity (Wildman–Crippen MR) is 169 cm³/mol. The third-order valence-electron chi connectivity index (χ3n) is 7.40. The highest BCUT2D eigenvalue weighted by Crippen LogP contribution is 2.42. The van der Waals surface area contributed by atoms with E-state index in [4.69, 9.17) is 19.6 Å². The lowest BCUT2D eigenvalue weighted by molar-refractivity contribution is 0.0980. The number of aliphatic hydroxyl groups is 1. The van der Waals surface area contributed by atoms with Gasteiger partial charge in [-0.05, 0) is 62.8 Å². The Kier molecular flexibility index (Phi) is 12.8. The molecule has 1 aliphatic heterocycles. The van der Waals surface area contributed by atoms with Gasteiger partial charge in [-0.1, -0.05) is 41.5 Å². The van der Waals surface area contributed by atoms with Crippen molar-refractivity contribution in [3.63, 3.8) is 0 Å². The van der Waals surface area contributed by atoms with Gasteiger partial charge in [-0.2, -0.15) is 0 Å². The number of hydrogen-bond acceptors (Lipinski definition) is 7. The van der Waals surface area contributed by atoms with Crippen molar-refractivity contribution in [3.05, 3.63) is 46.3 Å². The lowest BCUT2D eigenvalue weighted by atomic mass is 9.84. The Labute approximate surface area is 251 Å². The van der Waals surface area contributed by atoms with Gasteiger partial charge in [0.25, 0.3) is 0 Å². The Hall–Kier alpha value is -3.13. The third-order valence-corrected chi connectivity index (χ3v) is 7.40. The maximum atomic E-state index is 15.4. The Bertz CT molecular complexity index is 1230. The first-order valence-electron chi connectivity index (χ1n) is 15.2. The van der Waals surface area contributed by atoms with Gasteiger partial charge >= 0.3 is 0 Å². The number of rotatable bonds is 12. The molecule has 2 atom stereocenters. The van der Waals surface area contributed by atoms with Crippen LogP contribution in [-0.2, 0) is 11.8 Å². The molecule has 0 bridgehead atoms. The van der Waals surface area contributed by atoms with Crippen LogP contribution in [0.15, 0.2) is 18.2 Å². The number of benzene rings is 2. The molecule has 3 rings (SSSR count). The summed E-state index contributed by atoms with van der Waals surface area (Å²) in [5, 5.41) is 18.6. The normalized spacial score (nSPS) is 16.5. The SMILES string of the molecule is CC.CCOc1cc(CCCC(=O)c2cc(N3CC(O)[C@@H](C)C3)c(OC)c(C(C)(C)C)c2)c(C(C)=N)c(F)c1OCC. The molecule has 1 aliphatic rings. The highest BCUT2D eigenvalue weighted by molar-refractivity contribution is 5.99. The number of aryl methyl sites for hydroxylation is 1. The fraction of sp³-hybridized carbons (Fsp3) is 0.588. The maximum Gasteiger partial charge on any atom is 0.197 e. The van der Waals surface area contributed by atoms with Crippen LogP contribution in [0.3, 0.4) is 0 Å². The predicted octanol–water partition coefficient (Wildman–Crippen LogP) is 7.37. The molecule has 0 spiro atoms. The first-order chi connectivity index (χ1) is 19.8. The molecule has 0 aliphatic carbocycles. The van der Waals surface area contributed by atoms with Crippen molar-refractivity contribution < 1.29 is 28.5 Å². The van der Waals surface area contributed by atoms with Gasteiger partial charge in [0.15, 0.2) is 23.1 Å². The summed E-state index contributed by atoms with van der Waals surface area (Å²) >= 11 is 0. The highest BCUT2D eigenvalue weighted by Gasteiger charge is 2.32. The lowest BCUT2D eigenvalue weighted by Crippen LogP contribution is -2.24. The minimum Gasteiger partial charge on any atom is -0.494 e. The van der Waals surface area contributed by atoms with Gasteiger partial charge in [0.1, 0.15) is 5.75 Å². The molecule has 8 heteroatoms. The molecule has 1 heterocycles. The molecule has 2 aromatic rings. The van der Waals surface area contributed by atoms with E-state index in [-0.39, 0.29) is 47.2 Å². The fourth-order valence-electron chi connectivity index (χ4n) is 5.31. The van der Waals surface area contributed by atoms with Crippen molar-refractivity contribution in [2.75, 3.05) is 38.3 Å². The van der Waals surface area contributed by atoms with E-state index in [9.17, 15) is 9.90 Å². The van der Waals surface area contributed by atoms with Crippen LogP contribution in [0, 0.1) is 17.1 Å². The van der Waals surface area contributed by atoms with E-state index in [1.54, 1.807) is 27.0 Å². The largest absolute Gasteiger partial charge is 0.494 e. The van der Waals surface area contributed by atoms with E-state index in [0.717, 1.165) is 17.0 Å². The minimum atomic E-state index is -0.599. The Morgan fingerprint density at radius 1 is 1.10 bits per heavy atom. The molecule has 0 saturated carbocycles. The second-order valence-electron chi connectivity index (χ2n) is 11.6. The number of ether oxygens (including phenoxy) is 3. The molecule has 2 aromatic carbocycles. The quantitative estimate of drug-likeness (QED) is 0.199. The number of carbonyl (C=O) groups excluding carboxylic acids is 1. The van der Waals surface area contributed by atoms with Crippen LogP contribution in [0.1, 0.15) is 102 Å². The van der Waals surface area contributed by atoms with Crippen LogP contribution in [0.5, 0.6) is 17.2 Å². The van der Waals surface area contributed by atoms with Crippen molar-refractivity contribution in [1.29, 1.82) is 5.41 Å². The number of ketones is 1. The average molecular weight is 587 g/mol. The lowest BCUT2D eigenvalue weighted by Gasteiger charge is -2.29. The summed E-state index contributed by atoms with van der Waals surface area (Å²) in [5.41, 5.74) is 2.98. The molecule has 7 nitrogen and oxygen atoms in total. The average Bonchev–Trinajstić information content (AvgIpc) is 3.28. The van der Waals surface area contributed by atoms with Gasteiger partial charge in [0.05, 0.1) is 32.1 Å². The number of nitrogens with one attached hydrogen (secondary N) is 1. The molecular weight excluding hydrogens is 535 g/mol. The number of aliphatic hydroxyl groups excluding tert-OH is 1. The van der Waals surface area contributed by atoms with Crippen molar-refractivity contribution in [3.8, 4) is 17.2 Å². The smallest absolute Gasteiger partial charge is 0.197 e. The number of carbonyl (C=O) groups is 1. The molecule has 2 N–H and O–H groups in total. The molecule has 0 amide bonds. The third kappa shape index (κ3) is 8.03. The van der Waals surface area contributed by atoms with E-state index in [1.165, 1.54) is 0 Å². The standard InChI is InChI=1S/C32H45FN2O5.C2H6/c1-9-39-27-16-21(28(20(4)34)29(33)31(27)40-10-2)12-11-13-25(36)22-14-23(32(5,6)7)30(38-8)24(15-22)35-17-19(3)26(37)18-35;1-2/h14-16,19,26,34,37H,9-13,17-18H2,1-8H3;1-2H3/t19-,26?;/m0./s1. The minimum absolute atomic E-state index is 0.0209. The monoisotopic (exact) mass is 586 g/mol. The van der Waals surface area contributed by atoms with Gasteiger partial charge in [0.2, 0.25) is 0 Å². The van der Waals surface area contributed by atoms with E-state index in [2.05, 4.69) is 25.7 Å². The van der Waals surface area contributed by atoms with Crippen LogP contribution in [0.4, 0.5) is 10.1 Å². The van der Waals surface area contributed by atoms with Crippen LogP contribution in [-0.4, -0.2) is 56.1 Å². The molecule has 234 valence electrons. The van der Waals surface area contributed by atoms with Crippen molar-refractivity contribution in [2.45, 2.75) is 93.1 Å². The van der Waals surface area contributed by atoms with Crippen molar-refractivity contribution in [1.82, 2.24) is 0 Å². The molecule has 0 aromatic heterocycles. The van der Waals surface area contributed by atoms with Gasteiger partial charge in [-0.25, -0.2) is 4.39 Å². The van der Waals surface area contributed by atoms with Crippen LogP contribution < -0.4 is 19.1 Å². The Morgan fingerprint density at radius 2 is 1.74 bits per heavy atom. The summed E-state index contributed by atoms with van der Waals surface area (Å²) in [4.78, 5) is 15.6. The van der Waals surface area contributed by atoms with Crippen molar-refractivity contribution >= 4 is 17.2 Å². The number of β-amino-alcohol motifs (C(OH)–C–C–N with tert-alkyl or cyclic N) is 1. The van der Waals surface area contributed by atoms with Gasteiger partial charge in [0, 0.05) is 47.8 Å². The number of halogens is 1. The van der Waals surface area contributed by atoms with E-state index >= 15 is 4.39 Å². The van der Waals surface area contributed by atoms with Crippen LogP contribution in [0.2, 0.25) is 0 Å². The summed E-state index contributed by atoms with van der Waals surface area (Å²) in [5.74, 6) is 0.553. The molecular formula is C34H51FN2O5. The Morgan fingerprint density at radius 3 is 2.24 bits per heavy atom. The number of Topliss-reactive ketones (excluding diaryl/α,β-unsaturated/α-hetero) is 1. The van der Waals surface area contributed by atoms with Gasteiger partial charge in [-0.15, -0.1) is 0 Å². The molecule has 1 fully saturated rings. The first-order valence-corrected chi connectivity index (χ1v) is 15.2. The second kappa shape index (κ2) is 15.4. The highest BCUT2D eigenvalue weighted by atomic mass is 19.1. The van der Waals surface area contributed by atoms with E-state index in [0.29, 0.717) is 49.4 Å². The number of anilines is 1. The topological polar surface area (TPSA) is 92.1 Å². The summed E-state index contributed by atoms with van der Waals surface area (Å²) < 4.78 is 32.4. The zero-order valence-electron chi connectivity index (χ0n) is 27.2. The van der Waals surface area contributed by atoms with Crippen molar-refractivity contribution in [2.24, 2.45) is 5.92 Å². The van der Waals surface area contributed by atoms with Gasteiger partial charge < -0.3 is 29.6 Å². The summed E-state index contributed by atoms with van der Waals surface area (Å²) in [6.07, 6.45) is 0.698. The molecule has 0 radical (unpaired) electrons. The number of methoxy groups -OCH3 is 1. The van der Waals surface area contributed by atoms with E-state index in [1.807, 2.05) is 39.8 Å². The summed E-state index contributed by atoms with van der Waals surface area (Å²) in [7, 11) is 1.64. The first kappa shape index (κ1) is 35.1. The Balaban J connectivity index is 0.00000301. The molecule has 1 unspecified atom stereocenters. The van der Waals surface area contributed by atoms with Gasteiger partial charge in [-0.3, -0.25) is 4.79 Å². The molecule has 1 saturated heterocycles. The number of hydrogen-bond donors (Lipinski definition) is 2. The maximum absolute atomic E-state index is 15.4. The van der Waals surface area contributed by atoms with Crippen LogP contribution in [0.25, 0.3) is 0 Å². The zero-order valence-corrected chi connectivity index (χ0v) is 27.2. The summed E-state index contributed by atoms with van der Waals surface area (Å²) in [6, 6.07) is 5.52. The molecule has 42 heavy (non-hydrogen) atoms. The fourth-order valence-corrected chi connectivity index (χ4v) is 5.31. The van der Waals surface area contributed by atoms with Crippen LogP contribution >= 0.6 is 0 Å². The van der Waals surface area contributed by atoms with E-state index < -0.39 is 11.9 Å².